The van der Waals surface area contributed by atoms with Gasteiger partial charge in [0.25, 0.3) is 0 Å². The van der Waals surface area contributed by atoms with E-state index in [9.17, 15) is 0 Å². The lowest BCUT2D eigenvalue weighted by Crippen LogP contribution is -2.41. The van der Waals surface area contributed by atoms with E-state index < -0.39 is 0 Å². The minimum atomic E-state index is 0.574. The lowest BCUT2D eigenvalue weighted by Gasteiger charge is -2.30. The third kappa shape index (κ3) is 9.95. The van der Waals surface area contributed by atoms with Crippen LogP contribution in [0.3, 0.4) is 0 Å². The van der Waals surface area contributed by atoms with E-state index in [1.165, 1.54) is 5.56 Å². The van der Waals surface area contributed by atoms with E-state index in [0.717, 1.165) is 37.8 Å². The molecule has 0 spiro atoms. The van der Waals surface area contributed by atoms with E-state index in [0.29, 0.717) is 25.2 Å². The Balaban J connectivity index is 2.38. The number of rotatable bonds is 12. The Labute approximate surface area is 172 Å². The van der Waals surface area contributed by atoms with Crippen LogP contribution in [0.1, 0.15) is 39.7 Å². The SMILES string of the molecule is CN=C(NCCCN(C(C)C)C(C)C)NCc1cccc(OCCN(C)C)c1. The van der Waals surface area contributed by atoms with E-state index in [4.69, 9.17) is 4.74 Å². The molecule has 0 saturated heterocycles. The number of nitrogens with one attached hydrogen (secondary N) is 2. The van der Waals surface area contributed by atoms with Gasteiger partial charge in [0.15, 0.2) is 5.96 Å². The zero-order chi connectivity index (χ0) is 20.9. The third-order valence-electron chi connectivity index (χ3n) is 4.60. The average molecular weight is 392 g/mol. The van der Waals surface area contributed by atoms with Crippen molar-refractivity contribution in [3.63, 3.8) is 0 Å². The summed E-state index contributed by atoms with van der Waals surface area (Å²) in [5.41, 5.74) is 1.18. The average Bonchev–Trinajstić information content (AvgIpc) is 2.63. The van der Waals surface area contributed by atoms with Crippen molar-refractivity contribution < 1.29 is 4.74 Å². The Hall–Kier alpha value is -1.79. The fourth-order valence-electron chi connectivity index (χ4n) is 3.08. The summed E-state index contributed by atoms with van der Waals surface area (Å²) in [6.07, 6.45) is 1.09. The van der Waals surface area contributed by atoms with Crippen LogP contribution in [-0.4, -0.2) is 75.2 Å². The summed E-state index contributed by atoms with van der Waals surface area (Å²) in [7, 11) is 5.90. The Morgan fingerprint density at radius 1 is 1.07 bits per heavy atom. The van der Waals surface area contributed by atoms with Gasteiger partial charge in [0.1, 0.15) is 12.4 Å². The first-order valence-electron chi connectivity index (χ1n) is 10.4. The van der Waals surface area contributed by atoms with Crippen LogP contribution in [0.15, 0.2) is 29.3 Å². The van der Waals surface area contributed by atoms with E-state index in [-0.39, 0.29) is 0 Å². The standard InChI is InChI=1S/C22H41N5O/c1-18(2)27(19(3)4)13-9-12-24-22(23-5)25-17-20-10-8-11-21(16-20)28-15-14-26(6)7/h8,10-11,16,18-19H,9,12-15,17H2,1-7H3,(H2,23,24,25). The summed E-state index contributed by atoms with van der Waals surface area (Å²) in [4.78, 5) is 8.95. The summed E-state index contributed by atoms with van der Waals surface area (Å²) in [5, 5.41) is 6.79. The first kappa shape index (κ1) is 24.2. The second-order valence-corrected chi connectivity index (χ2v) is 7.93. The van der Waals surface area contributed by atoms with Crippen molar-refractivity contribution in [1.29, 1.82) is 0 Å². The molecule has 0 atom stereocenters. The van der Waals surface area contributed by atoms with Crippen molar-refractivity contribution in [1.82, 2.24) is 20.4 Å². The van der Waals surface area contributed by atoms with Gasteiger partial charge in [-0.05, 0) is 65.9 Å². The normalized spacial score (nSPS) is 12.3. The Morgan fingerprint density at radius 2 is 1.79 bits per heavy atom. The topological polar surface area (TPSA) is 52.1 Å². The molecule has 0 saturated carbocycles. The summed E-state index contributed by atoms with van der Waals surface area (Å²) in [5.74, 6) is 1.74. The van der Waals surface area contributed by atoms with E-state index in [2.05, 4.69) is 65.3 Å². The molecule has 160 valence electrons. The van der Waals surface area contributed by atoms with Crippen LogP contribution in [0.25, 0.3) is 0 Å². The molecule has 0 heterocycles. The molecule has 6 nitrogen and oxygen atoms in total. The number of hydrogen-bond acceptors (Lipinski definition) is 4. The van der Waals surface area contributed by atoms with Crippen molar-refractivity contribution in [3.05, 3.63) is 29.8 Å². The molecule has 0 fully saturated rings. The van der Waals surface area contributed by atoms with Crippen LogP contribution in [-0.2, 0) is 6.54 Å². The fraction of sp³-hybridized carbons (Fsp3) is 0.682. The summed E-state index contributed by atoms with van der Waals surface area (Å²) < 4.78 is 5.81. The summed E-state index contributed by atoms with van der Waals surface area (Å²) in [6, 6.07) is 9.36. The molecule has 0 aromatic heterocycles. The maximum atomic E-state index is 5.81. The van der Waals surface area contributed by atoms with Crippen LogP contribution < -0.4 is 15.4 Å². The van der Waals surface area contributed by atoms with E-state index >= 15 is 0 Å². The molecule has 0 aliphatic heterocycles. The predicted octanol–water partition coefficient (Wildman–Crippen LogP) is 2.80. The van der Waals surface area contributed by atoms with E-state index in [1.807, 2.05) is 33.3 Å². The number of guanidine groups is 1. The molecular weight excluding hydrogens is 350 g/mol. The lowest BCUT2D eigenvalue weighted by molar-refractivity contribution is 0.173. The van der Waals surface area contributed by atoms with Crippen molar-refractivity contribution in [2.24, 2.45) is 4.99 Å². The van der Waals surface area contributed by atoms with Crippen molar-refractivity contribution in [2.75, 3.05) is 47.4 Å². The highest BCUT2D eigenvalue weighted by molar-refractivity contribution is 5.79. The molecule has 6 heteroatoms. The van der Waals surface area contributed by atoms with Crippen LogP contribution in [0.5, 0.6) is 5.75 Å². The maximum Gasteiger partial charge on any atom is 0.191 e. The smallest absolute Gasteiger partial charge is 0.191 e. The molecule has 2 N–H and O–H groups in total. The first-order valence-corrected chi connectivity index (χ1v) is 10.4. The Bertz CT molecular complexity index is 564. The number of benzene rings is 1. The fourth-order valence-corrected chi connectivity index (χ4v) is 3.08. The van der Waals surface area contributed by atoms with Gasteiger partial charge in [-0.2, -0.15) is 0 Å². The zero-order valence-electron chi connectivity index (χ0n) is 19.0. The van der Waals surface area contributed by atoms with Gasteiger partial charge in [0.2, 0.25) is 0 Å². The summed E-state index contributed by atoms with van der Waals surface area (Å²) in [6.45, 7) is 13.3. The van der Waals surface area contributed by atoms with Crippen molar-refractivity contribution in [2.45, 2.75) is 52.7 Å². The Morgan fingerprint density at radius 3 is 2.39 bits per heavy atom. The molecule has 1 aromatic rings. The van der Waals surface area contributed by atoms with Gasteiger partial charge < -0.3 is 20.3 Å². The molecule has 1 aromatic carbocycles. The molecule has 28 heavy (non-hydrogen) atoms. The van der Waals surface area contributed by atoms with Crippen LogP contribution >= 0.6 is 0 Å². The maximum absolute atomic E-state index is 5.81. The van der Waals surface area contributed by atoms with Crippen LogP contribution in [0, 0.1) is 0 Å². The summed E-state index contributed by atoms with van der Waals surface area (Å²) >= 11 is 0. The minimum absolute atomic E-state index is 0.574. The molecular formula is C22H41N5O. The largest absolute Gasteiger partial charge is 0.492 e. The highest BCUT2D eigenvalue weighted by atomic mass is 16.5. The monoisotopic (exact) mass is 391 g/mol. The van der Waals surface area contributed by atoms with Gasteiger partial charge in [0, 0.05) is 45.3 Å². The number of ether oxygens (including phenoxy) is 1. The highest BCUT2D eigenvalue weighted by Gasteiger charge is 2.12. The second-order valence-electron chi connectivity index (χ2n) is 7.93. The van der Waals surface area contributed by atoms with Gasteiger partial charge in [0.05, 0.1) is 0 Å². The van der Waals surface area contributed by atoms with Crippen LogP contribution in [0.2, 0.25) is 0 Å². The molecule has 0 amide bonds. The molecule has 0 radical (unpaired) electrons. The molecule has 0 unspecified atom stereocenters. The third-order valence-corrected chi connectivity index (χ3v) is 4.60. The van der Waals surface area contributed by atoms with Crippen LogP contribution in [0.4, 0.5) is 0 Å². The zero-order valence-corrected chi connectivity index (χ0v) is 19.0. The second kappa shape index (κ2) is 13.4. The molecule has 0 aliphatic carbocycles. The number of hydrogen-bond donors (Lipinski definition) is 2. The number of likely N-dealkylation sites (N-methyl/N-ethyl adjacent to an activating group) is 1. The first-order chi connectivity index (χ1) is 13.3. The van der Waals surface area contributed by atoms with Gasteiger partial charge in [-0.1, -0.05) is 12.1 Å². The van der Waals surface area contributed by atoms with Gasteiger partial charge in [-0.3, -0.25) is 9.89 Å². The minimum Gasteiger partial charge on any atom is -0.492 e. The van der Waals surface area contributed by atoms with Crippen molar-refractivity contribution >= 4 is 5.96 Å². The molecule has 0 aliphatic rings. The quantitative estimate of drug-likeness (QED) is 0.326. The predicted molar refractivity (Wildman–Crippen MR) is 120 cm³/mol. The van der Waals surface area contributed by atoms with Gasteiger partial charge >= 0.3 is 0 Å². The Kier molecular flexibility index (Phi) is 11.6. The molecule has 1 rings (SSSR count). The molecule has 0 bridgehead atoms. The number of nitrogens with zero attached hydrogens (tertiary/aromatic N) is 3. The van der Waals surface area contributed by atoms with Gasteiger partial charge in [-0.15, -0.1) is 0 Å². The van der Waals surface area contributed by atoms with Gasteiger partial charge in [-0.25, -0.2) is 0 Å². The van der Waals surface area contributed by atoms with E-state index in [1.54, 1.807) is 0 Å². The number of aliphatic imine (C=N–C) groups is 1. The highest BCUT2D eigenvalue weighted by Crippen LogP contribution is 2.13. The lowest BCUT2D eigenvalue weighted by atomic mass is 10.2. The van der Waals surface area contributed by atoms with Crippen molar-refractivity contribution in [3.8, 4) is 5.75 Å².